The fourth-order valence-corrected chi connectivity index (χ4v) is 5.47. The molecule has 0 radical (unpaired) electrons. The average molecular weight is 473 g/mol. The zero-order valence-electron chi connectivity index (χ0n) is 14.2. The summed E-state index contributed by atoms with van der Waals surface area (Å²) in [5.41, 5.74) is 7.44. The summed E-state index contributed by atoms with van der Waals surface area (Å²) in [6, 6.07) is 8.97. The highest BCUT2D eigenvalue weighted by Gasteiger charge is 2.13. The van der Waals surface area contributed by atoms with Crippen LogP contribution in [0.15, 0.2) is 41.3 Å². The van der Waals surface area contributed by atoms with Gasteiger partial charge < -0.3 is 0 Å². The molecule has 0 amide bonds. The van der Waals surface area contributed by atoms with E-state index < -0.39 is 26.0 Å². The van der Waals surface area contributed by atoms with E-state index in [2.05, 4.69) is 20.8 Å². The second-order valence-electron chi connectivity index (χ2n) is 5.92. The molecule has 4 N–H and O–H groups in total. The Labute approximate surface area is 172 Å². The van der Waals surface area contributed by atoms with Crippen molar-refractivity contribution >= 4 is 73.6 Å². The number of anilines is 2. The van der Waals surface area contributed by atoms with Gasteiger partial charge in [0, 0.05) is 0 Å². The van der Waals surface area contributed by atoms with Crippen molar-refractivity contribution in [1.82, 2.24) is 9.97 Å². The van der Waals surface area contributed by atoms with Crippen molar-refractivity contribution in [1.29, 1.82) is 0 Å². The van der Waals surface area contributed by atoms with Gasteiger partial charge in [-0.2, -0.15) is 16.8 Å². The molecule has 4 rings (SSSR count). The summed E-state index contributed by atoms with van der Waals surface area (Å²) in [5, 5.41) is 0.959. The number of thiazole rings is 2. The number of nitrogens with one attached hydrogen (secondary N) is 2. The lowest BCUT2D eigenvalue weighted by molar-refractivity contribution is 0.480. The molecule has 0 saturated heterocycles. The summed E-state index contributed by atoms with van der Waals surface area (Å²) >= 11 is 2.46. The summed E-state index contributed by atoms with van der Waals surface area (Å²) < 4.78 is 63.9. The second kappa shape index (κ2) is 7.16. The Morgan fingerprint density at radius 3 is 1.93 bits per heavy atom. The number of rotatable bonds is 6. The van der Waals surface area contributed by atoms with Crippen LogP contribution in [-0.4, -0.2) is 35.9 Å². The predicted molar refractivity (Wildman–Crippen MR) is 112 cm³/mol. The van der Waals surface area contributed by atoms with Crippen LogP contribution in [-0.2, 0) is 26.0 Å². The molecule has 29 heavy (non-hydrogen) atoms. The highest BCUT2D eigenvalue weighted by Crippen LogP contribution is 2.30. The lowest BCUT2D eigenvalue weighted by Gasteiger charge is -2.01. The van der Waals surface area contributed by atoms with Crippen LogP contribution in [0.1, 0.15) is 5.56 Å². The fraction of sp³-hybridized carbons (Fsp3) is 0.0667. The van der Waals surface area contributed by atoms with E-state index in [1.807, 2.05) is 0 Å². The fourth-order valence-electron chi connectivity index (χ4n) is 2.55. The maximum atomic E-state index is 11.2. The van der Waals surface area contributed by atoms with Crippen molar-refractivity contribution in [2.45, 2.75) is 10.6 Å². The van der Waals surface area contributed by atoms with E-state index in [0.29, 0.717) is 31.6 Å². The summed E-state index contributed by atoms with van der Waals surface area (Å²) in [7, 11) is -8.40. The molecule has 152 valence electrons. The Balaban J connectivity index is 1.53. The van der Waals surface area contributed by atoms with E-state index >= 15 is 0 Å². The van der Waals surface area contributed by atoms with Gasteiger partial charge in [0.15, 0.2) is 0 Å². The third-order valence-corrected chi connectivity index (χ3v) is 7.15. The van der Waals surface area contributed by atoms with Crippen molar-refractivity contribution in [3.63, 3.8) is 0 Å². The van der Waals surface area contributed by atoms with Crippen LogP contribution in [0, 0.1) is 0 Å². The molecule has 0 spiro atoms. The van der Waals surface area contributed by atoms with Gasteiger partial charge in [0.2, 0.25) is 10.3 Å². The van der Waals surface area contributed by atoms with Gasteiger partial charge in [-0.05, 0) is 35.9 Å². The standard InChI is InChI=1S/C15H12N4O6S4/c20-28(21,22)7-8-1-3-10-12(5-8)26-14(16-10)18-19-15-17-11-4-2-9(29(23,24)25)6-13(11)27-15/h1-6H,7H2,(H,16,18)(H,17,19)(H,20,21,22)(H,23,24,25). The number of hydrogen-bond donors (Lipinski definition) is 4. The van der Waals surface area contributed by atoms with E-state index in [1.54, 1.807) is 18.2 Å². The molecule has 4 aromatic rings. The molecule has 0 aliphatic rings. The lowest BCUT2D eigenvalue weighted by Crippen LogP contribution is -2.07. The first-order valence-corrected chi connectivity index (χ1v) is 12.5. The van der Waals surface area contributed by atoms with Gasteiger partial charge in [-0.3, -0.25) is 20.0 Å². The zero-order chi connectivity index (χ0) is 20.8. The van der Waals surface area contributed by atoms with E-state index in [-0.39, 0.29) is 4.90 Å². The van der Waals surface area contributed by atoms with Crippen LogP contribution in [0.2, 0.25) is 0 Å². The molecule has 0 atom stereocenters. The Morgan fingerprint density at radius 1 is 0.828 bits per heavy atom. The lowest BCUT2D eigenvalue weighted by atomic mass is 10.2. The van der Waals surface area contributed by atoms with Gasteiger partial charge >= 0.3 is 0 Å². The van der Waals surface area contributed by atoms with Crippen molar-refractivity contribution in [3.8, 4) is 0 Å². The first kappa shape index (κ1) is 19.9. The van der Waals surface area contributed by atoms with Gasteiger partial charge in [-0.1, -0.05) is 28.7 Å². The molecular formula is C15H12N4O6S4. The molecular weight excluding hydrogens is 460 g/mol. The van der Waals surface area contributed by atoms with Crippen LogP contribution >= 0.6 is 22.7 Å². The van der Waals surface area contributed by atoms with Crippen LogP contribution in [0.5, 0.6) is 0 Å². The summed E-state index contributed by atoms with van der Waals surface area (Å²) in [6.07, 6.45) is 0. The zero-order valence-corrected chi connectivity index (χ0v) is 17.5. The van der Waals surface area contributed by atoms with E-state index in [0.717, 1.165) is 4.70 Å². The van der Waals surface area contributed by atoms with E-state index in [1.165, 1.54) is 40.9 Å². The Bertz CT molecular complexity index is 1440. The highest BCUT2D eigenvalue weighted by molar-refractivity contribution is 7.86. The maximum Gasteiger partial charge on any atom is 0.294 e. The monoisotopic (exact) mass is 472 g/mol. The van der Waals surface area contributed by atoms with Gasteiger partial charge in [0.25, 0.3) is 20.2 Å². The van der Waals surface area contributed by atoms with Gasteiger partial charge in [-0.15, -0.1) is 0 Å². The molecule has 0 aliphatic heterocycles. The summed E-state index contributed by atoms with van der Waals surface area (Å²) in [5.74, 6) is -0.473. The Morgan fingerprint density at radius 2 is 1.38 bits per heavy atom. The molecule has 2 heterocycles. The van der Waals surface area contributed by atoms with Crippen LogP contribution in [0.4, 0.5) is 10.3 Å². The number of benzene rings is 2. The normalized spacial score (nSPS) is 12.5. The SMILES string of the molecule is O=S(=O)(O)Cc1ccc2nc(NNc3nc4ccc(S(=O)(=O)O)cc4s3)sc2c1. The third-order valence-electron chi connectivity index (χ3n) is 3.74. The smallest absolute Gasteiger partial charge is 0.285 e. The molecule has 0 fully saturated rings. The van der Waals surface area contributed by atoms with Crippen molar-refractivity contribution in [2.24, 2.45) is 0 Å². The molecule has 14 heteroatoms. The topological polar surface area (TPSA) is 159 Å². The molecule has 0 unspecified atom stereocenters. The summed E-state index contributed by atoms with van der Waals surface area (Å²) in [4.78, 5) is 8.46. The summed E-state index contributed by atoms with van der Waals surface area (Å²) in [6.45, 7) is 0. The molecule has 0 saturated carbocycles. The second-order valence-corrected chi connectivity index (χ2v) is 10.9. The van der Waals surface area contributed by atoms with Gasteiger partial charge in [-0.25, -0.2) is 9.97 Å². The minimum absolute atomic E-state index is 0.208. The molecule has 2 aromatic carbocycles. The average Bonchev–Trinajstić information content (AvgIpc) is 3.19. The minimum Gasteiger partial charge on any atom is -0.285 e. The Kier molecular flexibility index (Phi) is 4.92. The largest absolute Gasteiger partial charge is 0.294 e. The first-order chi connectivity index (χ1) is 13.6. The molecule has 2 aromatic heterocycles. The number of aromatic nitrogens is 2. The molecule has 0 aliphatic carbocycles. The van der Waals surface area contributed by atoms with Crippen LogP contribution < -0.4 is 10.9 Å². The van der Waals surface area contributed by atoms with Crippen molar-refractivity contribution < 1.29 is 25.9 Å². The van der Waals surface area contributed by atoms with E-state index in [9.17, 15) is 16.8 Å². The van der Waals surface area contributed by atoms with Crippen molar-refractivity contribution in [2.75, 3.05) is 10.9 Å². The highest BCUT2D eigenvalue weighted by atomic mass is 32.2. The number of fused-ring (bicyclic) bond motifs is 2. The quantitative estimate of drug-likeness (QED) is 0.243. The Hall–Kier alpha value is -2.36. The van der Waals surface area contributed by atoms with E-state index in [4.69, 9.17) is 9.11 Å². The predicted octanol–water partition coefficient (Wildman–Crippen LogP) is 2.98. The van der Waals surface area contributed by atoms with Crippen LogP contribution in [0.25, 0.3) is 20.4 Å². The number of hydrazine groups is 1. The minimum atomic E-state index is -4.29. The first-order valence-electron chi connectivity index (χ1n) is 7.82. The van der Waals surface area contributed by atoms with Crippen LogP contribution in [0.3, 0.4) is 0 Å². The van der Waals surface area contributed by atoms with Gasteiger partial charge in [0.1, 0.15) is 5.75 Å². The molecule has 0 bridgehead atoms. The number of hydrogen-bond acceptors (Lipinski definition) is 10. The maximum absolute atomic E-state index is 11.2. The third kappa shape index (κ3) is 4.63. The van der Waals surface area contributed by atoms with Crippen molar-refractivity contribution in [3.05, 3.63) is 42.0 Å². The van der Waals surface area contributed by atoms with Gasteiger partial charge in [0.05, 0.1) is 25.3 Å². The molecule has 10 nitrogen and oxygen atoms in total. The number of nitrogens with zero attached hydrogens (tertiary/aromatic N) is 2.